The molecule has 1 saturated carbocycles. The fourth-order valence-electron chi connectivity index (χ4n) is 5.52. The lowest BCUT2D eigenvalue weighted by Gasteiger charge is -2.44. The first kappa shape index (κ1) is 23.9. The van der Waals surface area contributed by atoms with Gasteiger partial charge in [-0.05, 0) is 48.9 Å². The van der Waals surface area contributed by atoms with Gasteiger partial charge in [0.2, 0.25) is 11.7 Å². The van der Waals surface area contributed by atoms with Crippen LogP contribution in [0.5, 0.6) is 0 Å². The van der Waals surface area contributed by atoms with Gasteiger partial charge in [0, 0.05) is 46.6 Å². The van der Waals surface area contributed by atoms with Crippen LogP contribution in [0.2, 0.25) is 0 Å². The fraction of sp³-hybridized carbons (Fsp3) is 0.385. The molecule has 182 valence electrons. The highest BCUT2D eigenvalue weighted by molar-refractivity contribution is 14.1. The summed E-state index contributed by atoms with van der Waals surface area (Å²) in [7, 11) is 0. The van der Waals surface area contributed by atoms with Gasteiger partial charge in [0.1, 0.15) is 0 Å². The molecule has 8 nitrogen and oxygen atoms in total. The van der Waals surface area contributed by atoms with Crippen LogP contribution < -0.4 is 11.5 Å². The molecule has 0 bridgehead atoms. The van der Waals surface area contributed by atoms with Crippen LogP contribution in [-0.2, 0) is 16.4 Å². The number of alkyl halides is 1. The van der Waals surface area contributed by atoms with E-state index in [2.05, 4.69) is 57.1 Å². The summed E-state index contributed by atoms with van der Waals surface area (Å²) in [6.07, 6.45) is 3.78. The number of nitrogens with two attached hydrogens (primary N) is 2. The molecule has 9 heteroatoms. The van der Waals surface area contributed by atoms with Crippen molar-refractivity contribution in [1.29, 1.82) is 0 Å². The Morgan fingerprint density at radius 1 is 1.06 bits per heavy atom. The van der Waals surface area contributed by atoms with Crippen molar-refractivity contribution in [2.24, 2.45) is 11.5 Å². The summed E-state index contributed by atoms with van der Waals surface area (Å²) >= 11 is 2.39. The van der Waals surface area contributed by atoms with Crippen molar-refractivity contribution in [2.45, 2.75) is 48.1 Å². The van der Waals surface area contributed by atoms with Gasteiger partial charge in [-0.2, -0.15) is 0 Å². The fourth-order valence-corrected chi connectivity index (χ4v) is 5.99. The zero-order chi connectivity index (χ0) is 24.6. The molecule has 0 saturated heterocycles. The first-order chi connectivity index (χ1) is 17.0. The number of amides is 2. The number of primary amides is 1. The quantitative estimate of drug-likeness (QED) is 0.341. The predicted octanol–water partition coefficient (Wildman–Crippen LogP) is 3.27. The van der Waals surface area contributed by atoms with E-state index in [0.29, 0.717) is 36.8 Å². The third kappa shape index (κ3) is 4.35. The molecule has 5 rings (SSSR count). The van der Waals surface area contributed by atoms with Gasteiger partial charge in [-0.1, -0.05) is 59.0 Å². The lowest BCUT2D eigenvalue weighted by atomic mass is 9.67. The van der Waals surface area contributed by atoms with E-state index in [1.54, 1.807) is 24.3 Å². The Labute approximate surface area is 218 Å². The Kier molecular flexibility index (Phi) is 6.63. The molecule has 2 amide bonds. The van der Waals surface area contributed by atoms with Crippen molar-refractivity contribution in [3.63, 3.8) is 0 Å². The smallest absolute Gasteiger partial charge is 0.292 e. The van der Waals surface area contributed by atoms with E-state index in [-0.39, 0.29) is 17.4 Å². The van der Waals surface area contributed by atoms with E-state index in [4.69, 9.17) is 11.5 Å². The molecule has 3 aromatic rings. The van der Waals surface area contributed by atoms with Crippen LogP contribution in [0.15, 0.2) is 48.5 Å². The maximum atomic E-state index is 13.4. The Bertz CT molecular complexity index is 1250. The normalized spacial score (nSPS) is 22.2. The topological polar surface area (TPSA) is 120 Å². The average molecular weight is 584 g/mol. The number of carbonyl (C=O) groups excluding carboxylic acids is 2. The molecule has 0 unspecified atom stereocenters. The number of rotatable bonds is 6. The number of benzene rings is 2. The molecule has 1 aromatic heterocycles. The first-order valence-corrected chi connectivity index (χ1v) is 13.5. The Morgan fingerprint density at radius 2 is 1.77 bits per heavy atom. The van der Waals surface area contributed by atoms with Gasteiger partial charge in [-0.15, -0.1) is 10.2 Å². The van der Waals surface area contributed by atoms with Crippen LogP contribution in [0.1, 0.15) is 57.8 Å². The maximum Gasteiger partial charge on any atom is 0.292 e. The molecular formula is C26H29IN6O2. The SMILES string of the molecule is NCC1(c2cccc(CI)c2)CCC(N2CCn3c(nnc3-c3ccc(C(N)=O)cc3)C2=O)CC1. The van der Waals surface area contributed by atoms with Crippen molar-refractivity contribution in [1.82, 2.24) is 19.7 Å². The van der Waals surface area contributed by atoms with Crippen molar-refractivity contribution < 1.29 is 9.59 Å². The standard InChI is InChI=1S/C26H29IN6O2/c27-15-17-2-1-3-20(14-17)26(16-28)10-8-21(9-11-26)32-12-13-33-23(30-31-24(33)25(32)35)19-6-4-18(5-7-19)22(29)34/h1-7,14,21H,8-13,15-16,28H2,(H2,29,34). The molecule has 0 atom stereocenters. The molecule has 2 aromatic carbocycles. The minimum atomic E-state index is -0.477. The van der Waals surface area contributed by atoms with Crippen LogP contribution in [0.4, 0.5) is 0 Å². The lowest BCUT2D eigenvalue weighted by molar-refractivity contribution is 0.0523. The maximum absolute atomic E-state index is 13.4. The third-order valence-corrected chi connectivity index (χ3v) is 8.51. The second-order valence-corrected chi connectivity index (χ2v) is 10.3. The minimum absolute atomic E-state index is 0.0264. The minimum Gasteiger partial charge on any atom is -0.366 e. The van der Waals surface area contributed by atoms with E-state index in [9.17, 15) is 9.59 Å². The van der Waals surface area contributed by atoms with E-state index < -0.39 is 5.91 Å². The predicted molar refractivity (Wildman–Crippen MR) is 142 cm³/mol. The highest BCUT2D eigenvalue weighted by Gasteiger charge is 2.40. The summed E-state index contributed by atoms with van der Waals surface area (Å²) in [4.78, 5) is 26.7. The van der Waals surface area contributed by atoms with Crippen molar-refractivity contribution in [3.05, 3.63) is 71.0 Å². The van der Waals surface area contributed by atoms with Gasteiger partial charge in [0.05, 0.1) is 0 Å². The molecule has 0 radical (unpaired) electrons. The Morgan fingerprint density at radius 3 is 2.43 bits per heavy atom. The molecule has 1 aliphatic heterocycles. The van der Waals surface area contributed by atoms with Crippen LogP contribution in [-0.4, -0.2) is 50.6 Å². The molecule has 1 fully saturated rings. The van der Waals surface area contributed by atoms with Gasteiger partial charge < -0.3 is 20.9 Å². The molecular weight excluding hydrogens is 555 g/mol. The lowest BCUT2D eigenvalue weighted by Crippen LogP contribution is -2.50. The molecule has 1 aliphatic carbocycles. The number of aromatic nitrogens is 3. The second-order valence-electron chi connectivity index (χ2n) is 9.49. The van der Waals surface area contributed by atoms with Gasteiger partial charge in [0.25, 0.3) is 5.91 Å². The van der Waals surface area contributed by atoms with Gasteiger partial charge in [-0.3, -0.25) is 9.59 Å². The summed E-state index contributed by atoms with van der Waals surface area (Å²) in [5.74, 6) is 0.455. The van der Waals surface area contributed by atoms with Crippen LogP contribution in [0.3, 0.4) is 0 Å². The van der Waals surface area contributed by atoms with Crippen LogP contribution >= 0.6 is 22.6 Å². The third-order valence-electron chi connectivity index (χ3n) is 7.63. The van der Waals surface area contributed by atoms with Gasteiger partial charge in [-0.25, -0.2) is 0 Å². The second kappa shape index (κ2) is 9.69. The van der Waals surface area contributed by atoms with Crippen molar-refractivity contribution in [3.8, 4) is 11.4 Å². The van der Waals surface area contributed by atoms with Gasteiger partial charge in [0.15, 0.2) is 5.82 Å². The van der Waals surface area contributed by atoms with Crippen LogP contribution in [0, 0.1) is 0 Å². The van der Waals surface area contributed by atoms with Gasteiger partial charge >= 0.3 is 0 Å². The zero-order valence-corrected chi connectivity index (χ0v) is 21.6. The number of hydrogen-bond donors (Lipinski definition) is 2. The zero-order valence-electron chi connectivity index (χ0n) is 19.5. The monoisotopic (exact) mass is 584 g/mol. The van der Waals surface area contributed by atoms with Crippen molar-refractivity contribution in [2.75, 3.05) is 13.1 Å². The largest absolute Gasteiger partial charge is 0.366 e. The highest BCUT2D eigenvalue weighted by Crippen LogP contribution is 2.41. The summed E-state index contributed by atoms with van der Waals surface area (Å²) in [6.45, 7) is 1.88. The number of halogens is 1. The number of carbonyl (C=O) groups is 2. The highest BCUT2D eigenvalue weighted by atomic mass is 127. The average Bonchev–Trinajstić information content (AvgIpc) is 3.34. The molecule has 4 N–H and O–H groups in total. The van der Waals surface area contributed by atoms with E-state index in [1.165, 1.54) is 11.1 Å². The molecule has 2 aliphatic rings. The number of fused-ring (bicyclic) bond motifs is 1. The molecule has 2 heterocycles. The van der Waals surface area contributed by atoms with Crippen LogP contribution in [0.25, 0.3) is 11.4 Å². The Balaban J connectivity index is 1.31. The number of hydrogen-bond acceptors (Lipinski definition) is 5. The number of nitrogens with zero attached hydrogens (tertiary/aromatic N) is 4. The summed E-state index contributed by atoms with van der Waals surface area (Å²) in [6, 6.07) is 15.9. The van der Waals surface area contributed by atoms with E-state index in [0.717, 1.165) is 35.7 Å². The van der Waals surface area contributed by atoms with Crippen molar-refractivity contribution >= 4 is 34.4 Å². The summed E-state index contributed by atoms with van der Waals surface area (Å²) < 4.78 is 2.86. The van der Waals surface area contributed by atoms with E-state index >= 15 is 0 Å². The molecule has 35 heavy (non-hydrogen) atoms. The summed E-state index contributed by atoms with van der Waals surface area (Å²) in [5, 5.41) is 8.53. The van der Waals surface area contributed by atoms with E-state index in [1.807, 2.05) is 9.47 Å². The Hall–Kier alpha value is -2.79. The first-order valence-electron chi connectivity index (χ1n) is 12.0. The molecule has 0 spiro atoms. The summed E-state index contributed by atoms with van der Waals surface area (Å²) in [5.41, 5.74) is 15.5.